The summed E-state index contributed by atoms with van der Waals surface area (Å²) in [4.78, 5) is 14.2. The van der Waals surface area contributed by atoms with Gasteiger partial charge in [0, 0.05) is 24.7 Å². The Kier molecular flexibility index (Phi) is 10.4. The molecule has 126 valence electrons. The summed E-state index contributed by atoms with van der Waals surface area (Å²) in [5.74, 6) is -0.0184. The Balaban J connectivity index is 0.00000220. The first-order valence-electron chi connectivity index (χ1n) is 7.50. The van der Waals surface area contributed by atoms with Crippen LogP contribution in [0.1, 0.15) is 38.2 Å². The number of hydrogen-bond donors (Lipinski definition) is 2. The van der Waals surface area contributed by atoms with E-state index in [2.05, 4.69) is 22.3 Å². The first kappa shape index (κ1) is 21.2. The molecule has 1 aromatic carbocycles. The van der Waals surface area contributed by atoms with E-state index in [4.69, 9.17) is 5.73 Å². The van der Waals surface area contributed by atoms with E-state index in [9.17, 15) is 4.79 Å². The zero-order chi connectivity index (χ0) is 14.4. The van der Waals surface area contributed by atoms with Crippen LogP contribution in [0.25, 0.3) is 0 Å². The Labute approximate surface area is 145 Å². The smallest absolute Gasteiger partial charge is 0.225 e. The molecule has 0 spiro atoms. The number of benzene rings is 1. The summed E-state index contributed by atoms with van der Waals surface area (Å²) in [6.45, 7) is 5.17. The van der Waals surface area contributed by atoms with Gasteiger partial charge in [-0.2, -0.15) is 0 Å². The molecular formula is C16H27Cl2N3O. The van der Waals surface area contributed by atoms with Crippen molar-refractivity contribution < 1.29 is 4.79 Å². The maximum Gasteiger partial charge on any atom is 0.225 e. The molecule has 0 aromatic heterocycles. The molecule has 22 heavy (non-hydrogen) atoms. The first-order chi connectivity index (χ1) is 9.63. The van der Waals surface area contributed by atoms with Gasteiger partial charge in [-0.15, -0.1) is 24.8 Å². The van der Waals surface area contributed by atoms with Crippen LogP contribution in [-0.4, -0.2) is 29.9 Å². The second-order valence-corrected chi connectivity index (χ2v) is 5.77. The maximum absolute atomic E-state index is 11.7. The molecule has 1 atom stereocenters. The highest BCUT2D eigenvalue weighted by atomic mass is 35.5. The number of anilines is 1. The van der Waals surface area contributed by atoms with Gasteiger partial charge in [0.1, 0.15) is 0 Å². The van der Waals surface area contributed by atoms with Crippen molar-refractivity contribution in [3.05, 3.63) is 29.8 Å². The summed E-state index contributed by atoms with van der Waals surface area (Å²) in [5.41, 5.74) is 7.75. The van der Waals surface area contributed by atoms with Crippen molar-refractivity contribution in [2.24, 2.45) is 5.73 Å². The quantitative estimate of drug-likeness (QED) is 0.859. The Morgan fingerprint density at radius 3 is 2.59 bits per heavy atom. The Morgan fingerprint density at radius 2 is 1.95 bits per heavy atom. The molecule has 1 saturated heterocycles. The lowest BCUT2D eigenvalue weighted by Crippen LogP contribution is -2.29. The largest absolute Gasteiger partial charge is 0.327 e. The summed E-state index contributed by atoms with van der Waals surface area (Å²) >= 11 is 0. The molecule has 4 nitrogen and oxygen atoms in total. The molecule has 0 saturated carbocycles. The van der Waals surface area contributed by atoms with Gasteiger partial charge in [0.15, 0.2) is 0 Å². The third kappa shape index (κ3) is 7.45. The fourth-order valence-electron chi connectivity index (χ4n) is 2.63. The number of halogens is 2. The highest BCUT2D eigenvalue weighted by Gasteiger charge is 2.11. The second-order valence-electron chi connectivity index (χ2n) is 5.77. The molecule has 0 radical (unpaired) electrons. The Bertz CT molecular complexity index is 449. The van der Waals surface area contributed by atoms with E-state index >= 15 is 0 Å². The molecule has 0 aliphatic carbocycles. The summed E-state index contributed by atoms with van der Waals surface area (Å²) < 4.78 is 0. The van der Waals surface area contributed by atoms with Gasteiger partial charge >= 0.3 is 0 Å². The lowest BCUT2D eigenvalue weighted by atomic mass is 10.1. The molecule has 3 N–H and O–H groups in total. The van der Waals surface area contributed by atoms with Gasteiger partial charge in [-0.3, -0.25) is 9.69 Å². The van der Waals surface area contributed by atoms with E-state index < -0.39 is 0 Å². The van der Waals surface area contributed by atoms with E-state index in [1.807, 2.05) is 19.1 Å². The van der Waals surface area contributed by atoms with Crippen LogP contribution in [0.5, 0.6) is 0 Å². The fourth-order valence-corrected chi connectivity index (χ4v) is 2.63. The normalized spacial score (nSPS) is 16.1. The van der Waals surface area contributed by atoms with Crippen molar-refractivity contribution >= 4 is 36.4 Å². The number of carbonyl (C=O) groups is 1. The molecule has 1 aliphatic rings. The van der Waals surface area contributed by atoms with Crippen LogP contribution in [0.3, 0.4) is 0 Å². The van der Waals surface area contributed by atoms with E-state index in [-0.39, 0.29) is 36.8 Å². The van der Waals surface area contributed by atoms with Gasteiger partial charge in [-0.1, -0.05) is 18.6 Å². The molecule has 6 heteroatoms. The maximum atomic E-state index is 11.7. The van der Waals surface area contributed by atoms with Crippen molar-refractivity contribution in [2.45, 2.75) is 45.2 Å². The Morgan fingerprint density at radius 1 is 1.27 bits per heavy atom. The number of nitrogens with one attached hydrogen (secondary N) is 1. The molecule has 1 aliphatic heterocycles. The monoisotopic (exact) mass is 347 g/mol. The van der Waals surface area contributed by atoms with Gasteiger partial charge in [0.25, 0.3) is 0 Å². The number of nitrogens with two attached hydrogens (primary N) is 1. The summed E-state index contributed by atoms with van der Waals surface area (Å²) in [6, 6.07) is 8.01. The predicted octanol–water partition coefficient (Wildman–Crippen LogP) is 3.19. The molecule has 1 amide bonds. The third-order valence-corrected chi connectivity index (χ3v) is 3.57. The number of nitrogens with zero attached hydrogens (tertiary/aromatic N) is 1. The minimum Gasteiger partial charge on any atom is -0.327 e. The highest BCUT2D eigenvalue weighted by molar-refractivity contribution is 5.91. The zero-order valence-electron chi connectivity index (χ0n) is 13.1. The molecule has 1 heterocycles. The van der Waals surface area contributed by atoms with Crippen LogP contribution >= 0.6 is 24.8 Å². The summed E-state index contributed by atoms with van der Waals surface area (Å²) in [7, 11) is 0. The molecule has 2 rings (SSSR count). The van der Waals surface area contributed by atoms with Crippen LogP contribution in [0.4, 0.5) is 5.69 Å². The number of carbonyl (C=O) groups excluding carboxylic acids is 1. The third-order valence-electron chi connectivity index (χ3n) is 3.57. The van der Waals surface area contributed by atoms with Crippen LogP contribution in [0.15, 0.2) is 24.3 Å². The van der Waals surface area contributed by atoms with Crippen molar-refractivity contribution in [2.75, 3.05) is 18.4 Å². The lowest BCUT2D eigenvalue weighted by Gasteiger charge is -2.26. The number of hydrogen-bond acceptors (Lipinski definition) is 3. The van der Waals surface area contributed by atoms with Gasteiger partial charge in [0.05, 0.1) is 0 Å². The molecule has 1 unspecified atom stereocenters. The van der Waals surface area contributed by atoms with Crippen molar-refractivity contribution in [3.8, 4) is 0 Å². The number of likely N-dealkylation sites (tertiary alicyclic amines) is 1. The molecule has 1 fully saturated rings. The summed E-state index contributed by atoms with van der Waals surface area (Å²) in [5, 5.41) is 2.91. The van der Waals surface area contributed by atoms with Crippen LogP contribution in [0, 0.1) is 0 Å². The second kappa shape index (κ2) is 10.8. The molecule has 1 aromatic rings. The minimum atomic E-state index is -0.105. The van der Waals surface area contributed by atoms with E-state index in [0.717, 1.165) is 12.2 Å². The van der Waals surface area contributed by atoms with Crippen LogP contribution in [-0.2, 0) is 11.3 Å². The topological polar surface area (TPSA) is 58.4 Å². The van der Waals surface area contributed by atoms with Gasteiger partial charge < -0.3 is 11.1 Å². The number of rotatable bonds is 5. The standard InChI is InChI=1S/C16H25N3O.2ClH/c1-13(17)10-16(20)18-15-7-5-6-14(11-15)12-19-8-3-2-4-9-19;;/h5-7,11,13H,2-4,8-10,12,17H2,1H3,(H,18,20);2*1H. The fraction of sp³-hybridized carbons (Fsp3) is 0.562. The van der Waals surface area contributed by atoms with E-state index in [1.165, 1.54) is 37.9 Å². The van der Waals surface area contributed by atoms with E-state index in [0.29, 0.717) is 6.42 Å². The van der Waals surface area contributed by atoms with Gasteiger partial charge in [0.2, 0.25) is 5.91 Å². The number of amides is 1. The van der Waals surface area contributed by atoms with Gasteiger partial charge in [-0.25, -0.2) is 0 Å². The number of piperidine rings is 1. The van der Waals surface area contributed by atoms with Crippen molar-refractivity contribution in [1.82, 2.24) is 4.90 Å². The lowest BCUT2D eigenvalue weighted by molar-refractivity contribution is -0.116. The van der Waals surface area contributed by atoms with Crippen LogP contribution < -0.4 is 11.1 Å². The average molecular weight is 348 g/mol. The molecular weight excluding hydrogens is 321 g/mol. The molecule has 0 bridgehead atoms. The van der Waals surface area contributed by atoms with Crippen molar-refractivity contribution in [1.29, 1.82) is 0 Å². The average Bonchev–Trinajstić information content (AvgIpc) is 2.39. The predicted molar refractivity (Wildman–Crippen MR) is 97.0 cm³/mol. The zero-order valence-corrected chi connectivity index (χ0v) is 14.7. The highest BCUT2D eigenvalue weighted by Crippen LogP contribution is 2.16. The van der Waals surface area contributed by atoms with E-state index in [1.54, 1.807) is 0 Å². The van der Waals surface area contributed by atoms with Crippen molar-refractivity contribution in [3.63, 3.8) is 0 Å². The summed E-state index contributed by atoms with van der Waals surface area (Å²) in [6.07, 6.45) is 4.30. The first-order valence-corrected chi connectivity index (χ1v) is 7.50. The minimum absolute atomic E-state index is 0. The Hall–Kier alpha value is -0.810. The van der Waals surface area contributed by atoms with Crippen LogP contribution in [0.2, 0.25) is 0 Å². The SMILES string of the molecule is CC(N)CC(=O)Nc1cccc(CN2CCCCC2)c1.Cl.Cl. The van der Waals surface area contributed by atoms with Gasteiger partial charge in [-0.05, 0) is 50.6 Å².